The summed E-state index contributed by atoms with van der Waals surface area (Å²) < 4.78 is 28.0. The molecule has 0 spiro atoms. The number of phenolic OH excluding ortho intramolecular Hbond substituents is 1. The first-order valence-electron chi connectivity index (χ1n) is 5.96. The van der Waals surface area contributed by atoms with Gasteiger partial charge in [0.2, 0.25) is 0 Å². The fourth-order valence-electron chi connectivity index (χ4n) is 2.34. The summed E-state index contributed by atoms with van der Waals surface area (Å²) in [5.41, 5.74) is -0.251. The summed E-state index contributed by atoms with van der Waals surface area (Å²) in [6, 6.07) is 5.70. The molecule has 0 amide bonds. The number of alkyl halides is 2. The van der Waals surface area contributed by atoms with Gasteiger partial charge in [0.25, 0.3) is 5.92 Å². The van der Waals surface area contributed by atoms with Crippen LogP contribution in [0.3, 0.4) is 0 Å². The lowest BCUT2D eigenvalue weighted by molar-refractivity contribution is -0.0343. The van der Waals surface area contributed by atoms with Gasteiger partial charge in [-0.15, -0.1) is 0 Å². The van der Waals surface area contributed by atoms with Crippen LogP contribution in [0.2, 0.25) is 0 Å². The van der Waals surface area contributed by atoms with E-state index in [0.29, 0.717) is 0 Å². The molecular weight excluding hydrogens is 224 g/mol. The molecule has 1 heterocycles. The van der Waals surface area contributed by atoms with E-state index in [0.717, 1.165) is 25.9 Å². The molecule has 0 radical (unpaired) electrons. The number of halogens is 2. The van der Waals surface area contributed by atoms with Crippen molar-refractivity contribution in [2.24, 2.45) is 5.92 Å². The molecule has 1 aromatic rings. The topological polar surface area (TPSA) is 32.3 Å². The Bertz CT molecular complexity index is 375. The van der Waals surface area contributed by atoms with E-state index in [4.69, 9.17) is 0 Å². The van der Waals surface area contributed by atoms with Crippen molar-refractivity contribution < 1.29 is 13.9 Å². The molecule has 17 heavy (non-hydrogen) atoms. The van der Waals surface area contributed by atoms with E-state index in [2.05, 4.69) is 5.32 Å². The Morgan fingerprint density at radius 2 is 1.88 bits per heavy atom. The summed E-state index contributed by atoms with van der Waals surface area (Å²) in [7, 11) is 0. The van der Waals surface area contributed by atoms with Crippen molar-refractivity contribution in [1.82, 2.24) is 5.32 Å². The molecule has 4 heteroatoms. The maximum Gasteiger partial charge on any atom is 0.277 e. The van der Waals surface area contributed by atoms with Gasteiger partial charge < -0.3 is 10.4 Å². The molecule has 1 aliphatic rings. The number of hydrogen-bond donors (Lipinski definition) is 2. The van der Waals surface area contributed by atoms with Crippen LogP contribution in [-0.2, 0) is 5.92 Å². The number of nitrogens with one attached hydrogen (secondary N) is 1. The van der Waals surface area contributed by atoms with Gasteiger partial charge >= 0.3 is 0 Å². The van der Waals surface area contributed by atoms with Crippen LogP contribution in [-0.4, -0.2) is 18.2 Å². The van der Waals surface area contributed by atoms with Gasteiger partial charge in [0.05, 0.1) is 5.56 Å². The number of benzene rings is 1. The zero-order valence-electron chi connectivity index (χ0n) is 9.63. The summed E-state index contributed by atoms with van der Waals surface area (Å²) in [5, 5.41) is 12.6. The van der Waals surface area contributed by atoms with Crippen molar-refractivity contribution in [3.63, 3.8) is 0 Å². The Morgan fingerprint density at radius 3 is 2.53 bits per heavy atom. The average molecular weight is 241 g/mol. The Hall–Kier alpha value is -1.16. The standard InChI is InChI=1S/C13H17F2NO/c14-13(15,9-10-5-7-16-8-6-10)11-3-1-2-4-12(11)17/h1-4,10,16-17H,5-9H2. The normalized spacial score (nSPS) is 18.2. The average Bonchev–Trinajstić information content (AvgIpc) is 2.30. The van der Waals surface area contributed by atoms with Gasteiger partial charge in [-0.3, -0.25) is 0 Å². The third-order valence-electron chi connectivity index (χ3n) is 3.30. The van der Waals surface area contributed by atoms with Gasteiger partial charge in [-0.1, -0.05) is 12.1 Å². The lowest BCUT2D eigenvalue weighted by Gasteiger charge is -2.27. The largest absolute Gasteiger partial charge is 0.507 e. The molecule has 0 aliphatic carbocycles. The number of rotatable bonds is 3. The van der Waals surface area contributed by atoms with Crippen LogP contribution < -0.4 is 5.32 Å². The fourth-order valence-corrected chi connectivity index (χ4v) is 2.34. The minimum atomic E-state index is -2.94. The first-order chi connectivity index (χ1) is 8.09. The van der Waals surface area contributed by atoms with E-state index in [1.54, 1.807) is 6.07 Å². The van der Waals surface area contributed by atoms with Crippen LogP contribution in [0, 0.1) is 5.92 Å². The molecule has 0 bridgehead atoms. The van der Waals surface area contributed by atoms with E-state index in [-0.39, 0.29) is 23.7 Å². The molecule has 1 saturated heterocycles. The summed E-state index contributed by atoms with van der Waals surface area (Å²) in [6.45, 7) is 1.61. The number of aromatic hydroxyl groups is 1. The second kappa shape index (κ2) is 5.00. The first kappa shape index (κ1) is 12.3. The molecule has 0 aromatic heterocycles. The van der Waals surface area contributed by atoms with Crippen molar-refractivity contribution >= 4 is 0 Å². The molecule has 1 fully saturated rings. The van der Waals surface area contributed by atoms with Gasteiger partial charge in [-0.2, -0.15) is 0 Å². The van der Waals surface area contributed by atoms with Gasteiger partial charge in [0.15, 0.2) is 0 Å². The van der Waals surface area contributed by atoms with Crippen molar-refractivity contribution in [3.8, 4) is 5.75 Å². The van der Waals surface area contributed by atoms with E-state index < -0.39 is 5.92 Å². The van der Waals surface area contributed by atoms with Crippen molar-refractivity contribution in [1.29, 1.82) is 0 Å². The zero-order valence-corrected chi connectivity index (χ0v) is 9.63. The highest BCUT2D eigenvalue weighted by atomic mass is 19.3. The van der Waals surface area contributed by atoms with E-state index in [9.17, 15) is 13.9 Å². The number of piperidine rings is 1. The Morgan fingerprint density at radius 1 is 1.24 bits per heavy atom. The van der Waals surface area contributed by atoms with Crippen LogP contribution in [0.25, 0.3) is 0 Å². The number of phenols is 1. The van der Waals surface area contributed by atoms with Crippen LogP contribution in [0.5, 0.6) is 5.75 Å². The molecular formula is C13H17F2NO. The summed E-state index contributed by atoms with van der Waals surface area (Å²) in [4.78, 5) is 0. The molecule has 94 valence electrons. The third-order valence-corrected chi connectivity index (χ3v) is 3.30. The van der Waals surface area contributed by atoms with E-state index >= 15 is 0 Å². The van der Waals surface area contributed by atoms with Crippen LogP contribution in [0.1, 0.15) is 24.8 Å². The number of para-hydroxylation sites is 1. The van der Waals surface area contributed by atoms with Crippen molar-refractivity contribution in [2.45, 2.75) is 25.2 Å². The molecule has 0 unspecified atom stereocenters. The fraction of sp³-hybridized carbons (Fsp3) is 0.538. The van der Waals surface area contributed by atoms with Gasteiger partial charge in [-0.05, 0) is 44.0 Å². The van der Waals surface area contributed by atoms with Gasteiger partial charge in [-0.25, -0.2) is 8.78 Å². The second-order valence-corrected chi connectivity index (χ2v) is 4.62. The quantitative estimate of drug-likeness (QED) is 0.852. The lowest BCUT2D eigenvalue weighted by Crippen LogP contribution is -2.30. The van der Waals surface area contributed by atoms with Crippen LogP contribution >= 0.6 is 0 Å². The maximum atomic E-state index is 14.0. The molecule has 0 atom stereocenters. The highest BCUT2D eigenvalue weighted by molar-refractivity contribution is 5.35. The third kappa shape index (κ3) is 2.94. The van der Waals surface area contributed by atoms with E-state index in [1.165, 1.54) is 18.2 Å². The predicted molar refractivity (Wildman–Crippen MR) is 62.2 cm³/mol. The smallest absolute Gasteiger partial charge is 0.277 e. The zero-order chi connectivity index (χ0) is 12.3. The first-order valence-corrected chi connectivity index (χ1v) is 5.96. The van der Waals surface area contributed by atoms with Crippen LogP contribution in [0.15, 0.2) is 24.3 Å². The van der Waals surface area contributed by atoms with Crippen LogP contribution in [0.4, 0.5) is 8.78 Å². The van der Waals surface area contributed by atoms with Crippen molar-refractivity contribution in [2.75, 3.05) is 13.1 Å². The highest BCUT2D eigenvalue weighted by Gasteiger charge is 2.37. The minimum Gasteiger partial charge on any atom is -0.507 e. The second-order valence-electron chi connectivity index (χ2n) is 4.62. The maximum absolute atomic E-state index is 14.0. The van der Waals surface area contributed by atoms with Gasteiger partial charge in [0, 0.05) is 6.42 Å². The summed E-state index contributed by atoms with van der Waals surface area (Å²) in [6.07, 6.45) is 1.39. The monoisotopic (exact) mass is 241 g/mol. The lowest BCUT2D eigenvalue weighted by atomic mass is 9.89. The molecule has 2 nitrogen and oxygen atoms in total. The Kier molecular flexibility index (Phi) is 3.62. The molecule has 0 saturated carbocycles. The van der Waals surface area contributed by atoms with E-state index in [1.807, 2.05) is 0 Å². The molecule has 1 aromatic carbocycles. The SMILES string of the molecule is Oc1ccccc1C(F)(F)CC1CCNCC1. The van der Waals surface area contributed by atoms with Gasteiger partial charge in [0.1, 0.15) is 5.75 Å². The number of hydrogen-bond acceptors (Lipinski definition) is 2. The Labute approximate surface area is 99.7 Å². The molecule has 2 rings (SSSR count). The molecule has 2 N–H and O–H groups in total. The highest BCUT2D eigenvalue weighted by Crippen LogP contribution is 2.40. The van der Waals surface area contributed by atoms with Crippen molar-refractivity contribution in [3.05, 3.63) is 29.8 Å². The predicted octanol–water partition coefficient (Wildman–Crippen LogP) is 2.87. The summed E-state index contributed by atoms with van der Waals surface area (Å²) in [5.74, 6) is -3.22. The molecule has 1 aliphatic heterocycles. The Balaban J connectivity index is 2.10. The minimum absolute atomic E-state index is 0.0332. The summed E-state index contributed by atoms with van der Waals surface area (Å²) >= 11 is 0.